The van der Waals surface area contributed by atoms with E-state index in [2.05, 4.69) is 20.3 Å². The number of nitrogens with zero attached hydrogens (tertiary/aromatic N) is 4. The van der Waals surface area contributed by atoms with Crippen molar-refractivity contribution in [3.05, 3.63) is 41.7 Å². The Morgan fingerprint density at radius 3 is 2.71 bits per heavy atom. The third kappa shape index (κ3) is 4.63. The van der Waals surface area contributed by atoms with Crippen LogP contribution in [-0.4, -0.2) is 39.9 Å². The van der Waals surface area contributed by atoms with Gasteiger partial charge in [0.1, 0.15) is 10.5 Å². The third-order valence-corrected chi connectivity index (χ3v) is 6.30. The van der Waals surface area contributed by atoms with Gasteiger partial charge in [-0.05, 0) is 31.7 Å². The monoisotopic (exact) mass is 449 g/mol. The van der Waals surface area contributed by atoms with E-state index < -0.39 is 12.0 Å². The largest absolute Gasteiger partial charge is 0.451 e. The molecule has 1 N–H and O–H groups in total. The number of nitrogens with one attached hydrogen (secondary N) is 1. The van der Waals surface area contributed by atoms with Crippen LogP contribution in [0.5, 0.6) is 0 Å². The van der Waals surface area contributed by atoms with E-state index in [0.717, 1.165) is 12.0 Å². The van der Waals surface area contributed by atoms with E-state index in [1.54, 1.807) is 6.92 Å². The molecule has 3 heterocycles. The highest BCUT2D eigenvalue weighted by molar-refractivity contribution is 7.22. The summed E-state index contributed by atoms with van der Waals surface area (Å²) in [6.45, 7) is 2.84. The van der Waals surface area contributed by atoms with Crippen LogP contribution in [0.1, 0.15) is 37.6 Å². The number of anilines is 2. The zero-order valence-corrected chi connectivity index (χ0v) is 17.8. The van der Waals surface area contributed by atoms with Crippen molar-refractivity contribution in [2.45, 2.75) is 44.8 Å². The molecule has 1 fully saturated rings. The molecular weight excluding hydrogens is 427 g/mol. The van der Waals surface area contributed by atoms with E-state index >= 15 is 0 Å². The molecule has 0 aliphatic carbocycles. The summed E-state index contributed by atoms with van der Waals surface area (Å²) in [5.74, 6) is -0.978. The van der Waals surface area contributed by atoms with Crippen molar-refractivity contribution in [2.75, 3.05) is 23.3 Å². The van der Waals surface area contributed by atoms with E-state index in [9.17, 15) is 18.0 Å². The summed E-state index contributed by atoms with van der Waals surface area (Å²) >= 11 is 1.22. The van der Waals surface area contributed by atoms with Crippen LogP contribution in [0.3, 0.4) is 0 Å². The number of halogens is 3. The SMILES string of the molecule is CCNc1nc(C(F)(F)F)nc2nc(N3CCC[C@@H]3C(=O)CCc3ccccc3)sc12. The highest BCUT2D eigenvalue weighted by atomic mass is 32.1. The molecule has 10 heteroatoms. The molecule has 1 aliphatic heterocycles. The normalized spacial score (nSPS) is 16.8. The molecule has 3 aromatic rings. The van der Waals surface area contributed by atoms with Crippen molar-refractivity contribution < 1.29 is 18.0 Å². The number of Topliss-reactive ketones (excluding diaryl/α,β-unsaturated/α-hetero) is 1. The van der Waals surface area contributed by atoms with Gasteiger partial charge in [0.2, 0.25) is 5.82 Å². The quantitative estimate of drug-likeness (QED) is 0.564. The summed E-state index contributed by atoms with van der Waals surface area (Å²) in [6, 6.07) is 9.49. The summed E-state index contributed by atoms with van der Waals surface area (Å²) in [6.07, 6.45) is -2.04. The Hall–Kier alpha value is -2.75. The minimum absolute atomic E-state index is 0.000611. The van der Waals surface area contributed by atoms with Gasteiger partial charge < -0.3 is 10.2 Å². The average molecular weight is 450 g/mol. The third-order valence-electron chi connectivity index (χ3n) is 5.21. The van der Waals surface area contributed by atoms with Crippen molar-refractivity contribution in [1.29, 1.82) is 0 Å². The van der Waals surface area contributed by atoms with E-state index in [-0.39, 0.29) is 23.3 Å². The van der Waals surface area contributed by atoms with Crippen molar-refractivity contribution in [2.24, 2.45) is 0 Å². The van der Waals surface area contributed by atoms with E-state index in [0.29, 0.717) is 42.2 Å². The first-order valence-corrected chi connectivity index (χ1v) is 11.0. The highest BCUT2D eigenvalue weighted by Crippen LogP contribution is 2.38. The van der Waals surface area contributed by atoms with Gasteiger partial charge in [-0.25, -0.2) is 9.97 Å². The molecule has 31 heavy (non-hydrogen) atoms. The number of aromatic nitrogens is 3. The fourth-order valence-corrected chi connectivity index (χ4v) is 4.81. The first-order valence-electron chi connectivity index (χ1n) is 10.2. The molecule has 0 amide bonds. The van der Waals surface area contributed by atoms with Crippen LogP contribution in [0, 0.1) is 0 Å². The van der Waals surface area contributed by atoms with Gasteiger partial charge in [0.25, 0.3) is 0 Å². The molecule has 6 nitrogen and oxygen atoms in total. The molecule has 0 spiro atoms. The number of ketones is 1. The number of benzene rings is 1. The minimum atomic E-state index is -4.66. The van der Waals surface area contributed by atoms with Crippen molar-refractivity contribution in [3.8, 4) is 0 Å². The molecule has 1 saturated heterocycles. The fraction of sp³-hybridized carbons (Fsp3) is 0.429. The van der Waals surface area contributed by atoms with Gasteiger partial charge in [0.15, 0.2) is 16.6 Å². The predicted molar refractivity (Wildman–Crippen MR) is 115 cm³/mol. The number of aryl methyl sites for hydroxylation is 1. The van der Waals surface area contributed by atoms with Gasteiger partial charge in [-0.2, -0.15) is 18.2 Å². The van der Waals surface area contributed by atoms with Gasteiger partial charge in [0, 0.05) is 19.5 Å². The van der Waals surface area contributed by atoms with Crippen LogP contribution in [0.2, 0.25) is 0 Å². The Bertz CT molecular complexity index is 1070. The van der Waals surface area contributed by atoms with Gasteiger partial charge >= 0.3 is 6.18 Å². The number of alkyl halides is 3. The molecule has 164 valence electrons. The lowest BCUT2D eigenvalue weighted by molar-refractivity contribution is -0.144. The van der Waals surface area contributed by atoms with E-state index in [1.165, 1.54) is 11.3 Å². The molecule has 0 unspecified atom stereocenters. The molecule has 4 rings (SSSR count). The van der Waals surface area contributed by atoms with Gasteiger partial charge in [0.05, 0.1) is 6.04 Å². The van der Waals surface area contributed by atoms with Crippen LogP contribution < -0.4 is 10.2 Å². The van der Waals surface area contributed by atoms with Crippen molar-refractivity contribution in [3.63, 3.8) is 0 Å². The number of carbonyl (C=O) groups excluding carboxylic acids is 1. The Balaban J connectivity index is 1.59. The zero-order valence-electron chi connectivity index (χ0n) is 16.9. The lowest BCUT2D eigenvalue weighted by Gasteiger charge is -2.22. The number of rotatable bonds is 7. The Labute approximate surface area is 181 Å². The number of hydrogen-bond donors (Lipinski definition) is 1. The molecule has 1 aliphatic rings. The van der Waals surface area contributed by atoms with E-state index in [4.69, 9.17) is 0 Å². The summed E-state index contributed by atoms with van der Waals surface area (Å²) in [5, 5.41) is 3.39. The number of thiazole rings is 1. The molecule has 0 radical (unpaired) electrons. The Morgan fingerprint density at radius 2 is 2.00 bits per heavy atom. The van der Waals surface area contributed by atoms with Gasteiger partial charge in [-0.3, -0.25) is 4.79 Å². The fourth-order valence-electron chi connectivity index (χ4n) is 3.76. The number of fused-ring (bicyclic) bond motifs is 1. The Morgan fingerprint density at radius 1 is 1.23 bits per heavy atom. The molecular formula is C21H22F3N5OS. The molecule has 1 atom stereocenters. The predicted octanol–water partition coefficient (Wildman–Crippen LogP) is 4.71. The maximum Gasteiger partial charge on any atom is 0.451 e. The van der Waals surface area contributed by atoms with Crippen LogP contribution in [0.25, 0.3) is 10.3 Å². The minimum Gasteiger partial charge on any atom is -0.369 e. The molecule has 1 aromatic carbocycles. The zero-order chi connectivity index (χ0) is 22.0. The number of hydrogen-bond acceptors (Lipinski definition) is 7. The maximum atomic E-state index is 13.2. The molecule has 0 saturated carbocycles. The second kappa shape index (κ2) is 8.78. The van der Waals surface area contributed by atoms with Gasteiger partial charge in [-0.1, -0.05) is 41.7 Å². The summed E-state index contributed by atoms with van der Waals surface area (Å²) in [4.78, 5) is 26.5. The highest BCUT2D eigenvalue weighted by Gasteiger charge is 2.37. The smallest absolute Gasteiger partial charge is 0.369 e. The number of carbonyl (C=O) groups is 1. The van der Waals surface area contributed by atoms with Crippen LogP contribution >= 0.6 is 11.3 Å². The Kier molecular flexibility index (Phi) is 6.08. The second-order valence-corrected chi connectivity index (χ2v) is 8.35. The average Bonchev–Trinajstić information content (AvgIpc) is 3.39. The standard InChI is InChI=1S/C21H22F3N5OS/c1-2-25-17-16-18(27-19(26-17)21(22,23)24)28-20(31-16)29-12-6-9-14(29)15(30)11-10-13-7-4-3-5-8-13/h3-5,7-8,14H,2,6,9-12H2,1H3,(H,25,26,27)/t14-/m1/s1. The van der Waals surface area contributed by atoms with E-state index in [1.807, 2.05) is 35.2 Å². The van der Waals surface area contributed by atoms with Crippen molar-refractivity contribution in [1.82, 2.24) is 15.0 Å². The lowest BCUT2D eigenvalue weighted by Crippen LogP contribution is -2.36. The van der Waals surface area contributed by atoms with Crippen LogP contribution in [0.4, 0.5) is 24.1 Å². The first kappa shape index (κ1) is 21.5. The first-order chi connectivity index (χ1) is 14.9. The van der Waals surface area contributed by atoms with Crippen LogP contribution in [-0.2, 0) is 17.4 Å². The van der Waals surface area contributed by atoms with Crippen molar-refractivity contribution >= 4 is 38.4 Å². The summed E-state index contributed by atoms with van der Waals surface area (Å²) in [5.41, 5.74) is 1.10. The molecule has 2 aromatic heterocycles. The van der Waals surface area contributed by atoms with Crippen LogP contribution in [0.15, 0.2) is 30.3 Å². The van der Waals surface area contributed by atoms with Gasteiger partial charge in [-0.15, -0.1) is 0 Å². The molecule has 0 bridgehead atoms. The second-order valence-electron chi connectivity index (χ2n) is 7.38. The summed E-state index contributed by atoms with van der Waals surface area (Å²) < 4.78 is 40.1. The topological polar surface area (TPSA) is 71.0 Å². The lowest BCUT2D eigenvalue weighted by atomic mass is 10.0. The maximum absolute atomic E-state index is 13.2. The summed E-state index contributed by atoms with van der Waals surface area (Å²) in [7, 11) is 0.